The number of halogens is 3. The Labute approximate surface area is 125 Å². The molecule has 1 aliphatic heterocycles. The predicted molar refractivity (Wildman–Crippen MR) is 71.0 cm³/mol. The van der Waals surface area contributed by atoms with E-state index in [2.05, 4.69) is 4.74 Å². The van der Waals surface area contributed by atoms with Crippen LogP contribution in [0, 0.1) is 0 Å². The van der Waals surface area contributed by atoms with Crippen molar-refractivity contribution in [3.05, 3.63) is 29.3 Å². The summed E-state index contributed by atoms with van der Waals surface area (Å²) in [7, 11) is -4.10. The Balaban J connectivity index is 2.39. The topological polar surface area (TPSA) is 75.7 Å². The molecule has 0 spiro atoms. The quantitative estimate of drug-likeness (QED) is 0.852. The molecule has 1 aromatic carbocycles. The van der Waals surface area contributed by atoms with Gasteiger partial charge in [-0.1, -0.05) is 6.07 Å². The zero-order valence-electron chi connectivity index (χ0n) is 11.5. The monoisotopic (exact) mass is 338 g/mol. The summed E-state index contributed by atoms with van der Waals surface area (Å²) in [5, 5.41) is 0. The number of fused-ring (bicyclic) bond motifs is 1. The molecule has 1 aromatic rings. The van der Waals surface area contributed by atoms with Gasteiger partial charge >= 0.3 is 22.4 Å². The van der Waals surface area contributed by atoms with Gasteiger partial charge in [-0.05, 0) is 19.1 Å². The Kier molecular flexibility index (Phi) is 4.34. The van der Waals surface area contributed by atoms with Crippen molar-refractivity contribution in [3.8, 4) is 0 Å². The fourth-order valence-corrected chi connectivity index (χ4v) is 3.25. The largest absolute Gasteiger partial charge is 0.465 e. The molecule has 0 aliphatic carbocycles. The molecule has 0 fully saturated rings. The molecule has 0 aromatic heterocycles. The van der Waals surface area contributed by atoms with E-state index in [0.29, 0.717) is 4.31 Å². The van der Waals surface area contributed by atoms with Crippen molar-refractivity contribution >= 4 is 21.9 Å². The first-order valence-electron chi connectivity index (χ1n) is 6.27. The van der Waals surface area contributed by atoms with Gasteiger partial charge in [0.15, 0.2) is 0 Å². The van der Waals surface area contributed by atoms with Crippen LogP contribution in [0.5, 0.6) is 0 Å². The van der Waals surface area contributed by atoms with Crippen LogP contribution in [-0.2, 0) is 32.5 Å². The first-order chi connectivity index (χ1) is 10.1. The molecule has 0 bridgehead atoms. The number of carbonyl (C=O) groups excluding carboxylic acids is 1. The molecule has 0 amide bonds. The lowest BCUT2D eigenvalue weighted by atomic mass is 10.0. The molecule has 0 saturated heterocycles. The highest BCUT2D eigenvalue weighted by atomic mass is 32.2. The molecule has 0 atom stereocenters. The molecule has 22 heavy (non-hydrogen) atoms. The van der Waals surface area contributed by atoms with E-state index in [0.717, 1.165) is 12.1 Å². The molecule has 0 saturated carbocycles. The second kappa shape index (κ2) is 5.76. The maximum Gasteiger partial charge on any atom is 0.416 e. The number of hydrogen-bond acceptors (Lipinski definition) is 4. The standard InChI is InChI=1S/C12H13F3N2O4S/c1-2-21-11(18)7-17-6-8-9(12(13,14)15)4-3-5-10(8)16-22(17,19)20/h3-5,16H,2,6-7H2,1H3. The Morgan fingerprint density at radius 2 is 2.09 bits per heavy atom. The summed E-state index contributed by atoms with van der Waals surface area (Å²) in [5.41, 5.74) is -1.31. The predicted octanol–water partition coefficient (Wildman–Crippen LogP) is 1.74. The number of rotatable bonds is 3. The van der Waals surface area contributed by atoms with E-state index in [-0.39, 0.29) is 17.9 Å². The number of ether oxygens (including phenoxy) is 1. The zero-order valence-corrected chi connectivity index (χ0v) is 12.3. The van der Waals surface area contributed by atoms with E-state index >= 15 is 0 Å². The van der Waals surface area contributed by atoms with Gasteiger partial charge in [-0.2, -0.15) is 25.9 Å². The summed E-state index contributed by atoms with van der Waals surface area (Å²) in [5.74, 6) is -0.833. The Bertz CT molecular complexity index is 688. The summed E-state index contributed by atoms with van der Waals surface area (Å²) in [6.07, 6.45) is -4.62. The first kappa shape index (κ1) is 16.6. The fraction of sp³-hybridized carbons (Fsp3) is 0.417. The van der Waals surface area contributed by atoms with Gasteiger partial charge in [0.25, 0.3) is 0 Å². The summed E-state index contributed by atoms with van der Waals surface area (Å²) >= 11 is 0. The van der Waals surface area contributed by atoms with Crippen LogP contribution < -0.4 is 4.72 Å². The normalized spacial score (nSPS) is 17.5. The van der Waals surface area contributed by atoms with Gasteiger partial charge in [-0.3, -0.25) is 9.52 Å². The smallest absolute Gasteiger partial charge is 0.416 e. The zero-order chi connectivity index (χ0) is 16.5. The maximum atomic E-state index is 13.0. The summed E-state index contributed by atoms with van der Waals surface area (Å²) < 4.78 is 70.2. The number of hydrogen-bond donors (Lipinski definition) is 1. The van der Waals surface area contributed by atoms with Gasteiger partial charge < -0.3 is 4.74 Å². The molecule has 0 radical (unpaired) electrons. The maximum absolute atomic E-state index is 13.0. The van der Waals surface area contributed by atoms with E-state index in [4.69, 9.17) is 0 Å². The van der Waals surface area contributed by atoms with Crippen LogP contribution in [0.2, 0.25) is 0 Å². The molecule has 10 heteroatoms. The second-order valence-electron chi connectivity index (χ2n) is 4.51. The van der Waals surface area contributed by atoms with Crippen molar-refractivity contribution in [2.45, 2.75) is 19.6 Å². The van der Waals surface area contributed by atoms with E-state index in [1.54, 1.807) is 0 Å². The van der Waals surface area contributed by atoms with Crippen LogP contribution in [0.1, 0.15) is 18.1 Å². The number of nitrogens with one attached hydrogen (secondary N) is 1. The Morgan fingerprint density at radius 1 is 1.41 bits per heavy atom. The molecule has 0 unspecified atom stereocenters. The second-order valence-corrected chi connectivity index (χ2v) is 6.18. The van der Waals surface area contributed by atoms with E-state index < -0.39 is 41.0 Å². The SMILES string of the molecule is CCOC(=O)CN1Cc2c(cccc2C(F)(F)F)NS1(=O)=O. The average molecular weight is 338 g/mol. The Morgan fingerprint density at radius 3 is 2.68 bits per heavy atom. The number of carbonyl (C=O) groups is 1. The van der Waals surface area contributed by atoms with Crippen LogP contribution in [0.3, 0.4) is 0 Å². The van der Waals surface area contributed by atoms with Crippen molar-refractivity contribution < 1.29 is 31.1 Å². The number of anilines is 1. The minimum Gasteiger partial charge on any atom is -0.465 e. The highest BCUT2D eigenvalue weighted by Gasteiger charge is 2.39. The van der Waals surface area contributed by atoms with Gasteiger partial charge in [0.05, 0.1) is 17.9 Å². The lowest BCUT2D eigenvalue weighted by molar-refractivity contribution is -0.143. The number of benzene rings is 1. The van der Waals surface area contributed by atoms with E-state index in [9.17, 15) is 26.4 Å². The Hall–Kier alpha value is -1.81. The molecule has 1 aliphatic rings. The van der Waals surface area contributed by atoms with Crippen molar-refractivity contribution in [2.24, 2.45) is 0 Å². The van der Waals surface area contributed by atoms with Gasteiger partial charge in [-0.25, -0.2) is 0 Å². The molecular formula is C12H13F3N2O4S. The molecule has 1 N–H and O–H groups in total. The van der Waals surface area contributed by atoms with Gasteiger partial charge in [0, 0.05) is 12.1 Å². The van der Waals surface area contributed by atoms with Gasteiger partial charge in [0.1, 0.15) is 6.54 Å². The van der Waals surface area contributed by atoms with Gasteiger partial charge in [-0.15, -0.1) is 0 Å². The minimum atomic E-state index is -4.62. The van der Waals surface area contributed by atoms with Crippen molar-refractivity contribution in [1.29, 1.82) is 0 Å². The first-order valence-corrected chi connectivity index (χ1v) is 7.71. The van der Waals surface area contributed by atoms with Crippen LogP contribution in [0.25, 0.3) is 0 Å². The minimum absolute atomic E-state index is 0.0462. The summed E-state index contributed by atoms with van der Waals surface area (Å²) in [4.78, 5) is 11.4. The molecule has 122 valence electrons. The number of alkyl halides is 3. The highest BCUT2D eigenvalue weighted by Crippen LogP contribution is 2.38. The van der Waals surface area contributed by atoms with Crippen molar-refractivity contribution in [2.75, 3.05) is 17.9 Å². The third-order valence-corrected chi connectivity index (χ3v) is 4.42. The fourth-order valence-electron chi connectivity index (χ4n) is 2.07. The van der Waals surface area contributed by atoms with Crippen molar-refractivity contribution in [3.63, 3.8) is 0 Å². The highest BCUT2D eigenvalue weighted by molar-refractivity contribution is 7.90. The van der Waals surface area contributed by atoms with Crippen LogP contribution in [0.15, 0.2) is 18.2 Å². The van der Waals surface area contributed by atoms with Crippen LogP contribution in [-0.4, -0.2) is 31.8 Å². The molecule has 1 heterocycles. The van der Waals surface area contributed by atoms with E-state index in [1.165, 1.54) is 13.0 Å². The molecule has 2 rings (SSSR count). The molecule has 6 nitrogen and oxygen atoms in total. The van der Waals surface area contributed by atoms with Crippen LogP contribution >= 0.6 is 0 Å². The summed E-state index contributed by atoms with van der Waals surface area (Å²) in [6, 6.07) is 3.22. The summed E-state index contributed by atoms with van der Waals surface area (Å²) in [6.45, 7) is 0.371. The van der Waals surface area contributed by atoms with Crippen LogP contribution in [0.4, 0.5) is 18.9 Å². The van der Waals surface area contributed by atoms with Gasteiger partial charge in [0.2, 0.25) is 0 Å². The van der Waals surface area contributed by atoms with E-state index in [1.807, 2.05) is 4.72 Å². The third kappa shape index (κ3) is 3.33. The average Bonchev–Trinajstić information content (AvgIpc) is 2.37. The lowest BCUT2D eigenvalue weighted by Gasteiger charge is -2.30. The molecular weight excluding hydrogens is 325 g/mol. The lowest BCUT2D eigenvalue weighted by Crippen LogP contribution is -2.43. The van der Waals surface area contributed by atoms with Crippen molar-refractivity contribution in [1.82, 2.24) is 4.31 Å². The number of esters is 1. The number of nitrogens with zero attached hydrogens (tertiary/aromatic N) is 1. The third-order valence-electron chi connectivity index (χ3n) is 3.01.